The first kappa shape index (κ1) is 30.1. The Labute approximate surface area is 302 Å². The molecule has 6 heteroatoms. The molecular formula is C46H31N3O2Si. The van der Waals surface area contributed by atoms with Crippen molar-refractivity contribution in [2.45, 2.75) is 0 Å². The summed E-state index contributed by atoms with van der Waals surface area (Å²) in [5, 5.41) is 7.19. The van der Waals surface area contributed by atoms with Gasteiger partial charge < -0.3 is 9.47 Å². The molecule has 6 aromatic carbocycles. The molecule has 0 saturated heterocycles. The van der Waals surface area contributed by atoms with Crippen molar-refractivity contribution in [3.8, 4) is 39.9 Å². The summed E-state index contributed by atoms with van der Waals surface area (Å²) in [7, 11) is -2.81. The molecule has 1 aliphatic rings. The predicted octanol–water partition coefficient (Wildman–Crippen LogP) is 8.52. The number of rotatable bonds is 6. The van der Waals surface area contributed by atoms with E-state index in [1.54, 1.807) is 6.20 Å². The quantitative estimate of drug-likeness (QED) is 0.165. The summed E-state index contributed by atoms with van der Waals surface area (Å²) in [5.41, 5.74) is 4.72. The molecule has 246 valence electrons. The van der Waals surface area contributed by atoms with Gasteiger partial charge in [-0.25, -0.2) is 4.98 Å². The summed E-state index contributed by atoms with van der Waals surface area (Å²) in [6.07, 6.45) is 3.66. The second-order valence-electron chi connectivity index (χ2n) is 13.0. The topological polar surface area (TPSA) is 49.2 Å². The van der Waals surface area contributed by atoms with Gasteiger partial charge in [0.25, 0.3) is 0 Å². The van der Waals surface area contributed by atoms with Crippen LogP contribution in [0.3, 0.4) is 0 Å². The largest absolute Gasteiger partial charge is 0.457 e. The third-order valence-electron chi connectivity index (χ3n) is 10.1. The smallest absolute Gasteiger partial charge is 0.188 e. The average molecular weight is 686 g/mol. The first-order valence-electron chi connectivity index (χ1n) is 17.4. The van der Waals surface area contributed by atoms with E-state index in [-0.39, 0.29) is 0 Å². The number of ether oxygens (including phenoxy) is 2. The van der Waals surface area contributed by atoms with Crippen molar-refractivity contribution in [3.05, 3.63) is 188 Å². The number of pyridine rings is 2. The highest BCUT2D eigenvalue weighted by Crippen LogP contribution is 2.41. The van der Waals surface area contributed by atoms with Gasteiger partial charge in [0.15, 0.2) is 8.07 Å². The third kappa shape index (κ3) is 4.69. The van der Waals surface area contributed by atoms with Gasteiger partial charge in [-0.2, -0.15) is 0 Å². The van der Waals surface area contributed by atoms with Crippen molar-refractivity contribution in [1.29, 1.82) is 0 Å². The summed E-state index contributed by atoms with van der Waals surface area (Å²) in [4.78, 5) is 9.49. The van der Waals surface area contributed by atoms with Gasteiger partial charge in [-0.05, 0) is 81.4 Å². The zero-order chi connectivity index (χ0) is 34.5. The second-order valence-corrected chi connectivity index (χ2v) is 16.7. The molecule has 0 N–H and O–H groups in total. The molecule has 4 heterocycles. The lowest BCUT2D eigenvalue weighted by molar-refractivity contribution is 0.482. The Hall–Kier alpha value is -6.76. The van der Waals surface area contributed by atoms with Gasteiger partial charge in [0.05, 0.1) is 22.3 Å². The number of nitrogens with zero attached hydrogens (tertiary/aromatic N) is 3. The number of hydrogen-bond donors (Lipinski definition) is 0. The Bertz CT molecular complexity index is 2710. The minimum absolute atomic E-state index is 0.726. The fourth-order valence-corrected chi connectivity index (χ4v) is 12.9. The number of hydrogen-bond acceptors (Lipinski definition) is 4. The van der Waals surface area contributed by atoms with Gasteiger partial charge in [0.1, 0.15) is 28.6 Å². The van der Waals surface area contributed by atoms with Crippen LogP contribution >= 0.6 is 0 Å². The number of fused-ring (bicyclic) bond motifs is 6. The highest BCUT2D eigenvalue weighted by atomic mass is 28.3. The zero-order valence-electron chi connectivity index (χ0n) is 28.1. The van der Waals surface area contributed by atoms with E-state index < -0.39 is 8.07 Å². The molecule has 10 rings (SSSR count). The van der Waals surface area contributed by atoms with E-state index in [0.717, 1.165) is 61.9 Å². The monoisotopic (exact) mass is 685 g/mol. The predicted molar refractivity (Wildman–Crippen MR) is 212 cm³/mol. The Morgan fingerprint density at radius 2 is 1.25 bits per heavy atom. The van der Waals surface area contributed by atoms with Crippen LogP contribution in [0.25, 0.3) is 38.9 Å². The van der Waals surface area contributed by atoms with Crippen LogP contribution in [0.1, 0.15) is 0 Å². The maximum absolute atomic E-state index is 7.06. The van der Waals surface area contributed by atoms with Crippen LogP contribution in [0.2, 0.25) is 0 Å². The maximum atomic E-state index is 7.06. The summed E-state index contributed by atoms with van der Waals surface area (Å²) in [5.74, 6) is 3.26. The Morgan fingerprint density at radius 3 is 2.04 bits per heavy atom. The molecule has 3 aromatic heterocycles. The molecule has 0 atom stereocenters. The van der Waals surface area contributed by atoms with Crippen LogP contribution in [0.5, 0.6) is 23.0 Å². The van der Waals surface area contributed by atoms with Gasteiger partial charge in [0.2, 0.25) is 0 Å². The van der Waals surface area contributed by atoms with Gasteiger partial charge >= 0.3 is 0 Å². The van der Waals surface area contributed by atoms with Crippen molar-refractivity contribution >= 4 is 50.8 Å². The van der Waals surface area contributed by atoms with Gasteiger partial charge in [-0.1, -0.05) is 109 Å². The highest BCUT2D eigenvalue weighted by molar-refractivity contribution is 7.20. The zero-order valence-corrected chi connectivity index (χ0v) is 29.1. The number of para-hydroxylation sites is 1. The first-order valence-corrected chi connectivity index (χ1v) is 19.4. The molecule has 0 radical (unpaired) electrons. The molecule has 1 aliphatic heterocycles. The average Bonchev–Trinajstić information content (AvgIpc) is 3.56. The van der Waals surface area contributed by atoms with Crippen LogP contribution in [0.15, 0.2) is 188 Å². The lowest BCUT2D eigenvalue weighted by Crippen LogP contribution is -2.76. The van der Waals surface area contributed by atoms with Crippen LogP contribution in [-0.2, 0) is 0 Å². The summed E-state index contributed by atoms with van der Waals surface area (Å²) in [6, 6.07) is 61.4. The molecule has 0 unspecified atom stereocenters. The minimum atomic E-state index is -2.81. The summed E-state index contributed by atoms with van der Waals surface area (Å²) < 4.78 is 15.8. The van der Waals surface area contributed by atoms with Gasteiger partial charge in [-0.3, -0.25) is 9.55 Å². The van der Waals surface area contributed by atoms with Crippen molar-refractivity contribution in [2.75, 3.05) is 0 Å². The molecule has 0 aliphatic carbocycles. The Balaban J connectivity index is 1.18. The fourth-order valence-electron chi connectivity index (χ4n) is 7.93. The van der Waals surface area contributed by atoms with Crippen molar-refractivity contribution in [2.24, 2.45) is 0 Å². The highest BCUT2D eigenvalue weighted by Gasteiger charge is 2.48. The van der Waals surface area contributed by atoms with E-state index in [2.05, 4.69) is 125 Å². The Kier molecular flexibility index (Phi) is 7.08. The van der Waals surface area contributed by atoms with E-state index >= 15 is 0 Å². The van der Waals surface area contributed by atoms with E-state index in [0.29, 0.717) is 0 Å². The first-order chi connectivity index (χ1) is 25.8. The number of aromatic nitrogens is 3. The second kappa shape index (κ2) is 12.2. The normalized spacial score (nSPS) is 12.9. The van der Waals surface area contributed by atoms with Crippen molar-refractivity contribution in [1.82, 2.24) is 14.5 Å². The number of benzene rings is 6. The van der Waals surface area contributed by atoms with E-state index in [1.165, 1.54) is 20.7 Å². The molecule has 0 amide bonds. The van der Waals surface area contributed by atoms with Crippen LogP contribution in [0, 0.1) is 0 Å². The lowest BCUT2D eigenvalue weighted by atomic mass is 10.1. The molecule has 0 saturated carbocycles. The molecule has 0 fully saturated rings. The van der Waals surface area contributed by atoms with E-state index in [9.17, 15) is 0 Å². The van der Waals surface area contributed by atoms with E-state index in [1.807, 2.05) is 66.9 Å². The van der Waals surface area contributed by atoms with Crippen LogP contribution in [-0.4, -0.2) is 22.6 Å². The summed E-state index contributed by atoms with van der Waals surface area (Å²) >= 11 is 0. The van der Waals surface area contributed by atoms with Crippen LogP contribution < -0.4 is 30.2 Å². The SMILES string of the molecule is c1ccc([Si]2(c3ccccc3)c3ccccc3Oc3c2ccc2c3c3cccnc3n2-c2cccc(Oc3cccc(-c4ccccn4)c3)c2)cc1. The minimum Gasteiger partial charge on any atom is -0.457 e. The van der Waals surface area contributed by atoms with Crippen molar-refractivity contribution < 1.29 is 9.47 Å². The standard InChI is InChI=1S/C46H31N3O2Si/c1-3-18-36(19-4-1)52(37-20-5-2-6-21-37)42-25-8-7-24-41(42)51-45-43(52)27-26-40-44(45)38-22-13-29-48-46(38)49(40)33-15-12-17-35(31-33)50-34-16-11-14-32(30-34)39-23-9-10-28-47-39/h1-31H. The van der Waals surface area contributed by atoms with E-state index in [4.69, 9.17) is 14.5 Å². The van der Waals surface area contributed by atoms with Crippen molar-refractivity contribution in [3.63, 3.8) is 0 Å². The Morgan fingerprint density at radius 1 is 0.538 bits per heavy atom. The fraction of sp³-hybridized carbons (Fsp3) is 0. The molecule has 0 spiro atoms. The molecule has 9 aromatic rings. The summed E-state index contributed by atoms with van der Waals surface area (Å²) in [6.45, 7) is 0. The van der Waals surface area contributed by atoms with Gasteiger partial charge in [0, 0.05) is 29.4 Å². The molecule has 52 heavy (non-hydrogen) atoms. The molecule has 0 bridgehead atoms. The third-order valence-corrected chi connectivity index (χ3v) is 14.9. The molecule has 5 nitrogen and oxygen atoms in total. The molecular weight excluding hydrogens is 655 g/mol. The van der Waals surface area contributed by atoms with Gasteiger partial charge in [-0.15, -0.1) is 0 Å². The lowest BCUT2D eigenvalue weighted by Gasteiger charge is -2.39. The van der Waals surface area contributed by atoms with Crippen LogP contribution in [0.4, 0.5) is 0 Å². The maximum Gasteiger partial charge on any atom is 0.188 e.